The highest BCUT2D eigenvalue weighted by atomic mass is 16.1. The Balaban J connectivity index is 2.10. The Morgan fingerprint density at radius 1 is 1.37 bits per heavy atom. The highest BCUT2D eigenvalue weighted by Gasteiger charge is 2.08. The Kier molecular flexibility index (Phi) is 4.25. The average Bonchev–Trinajstić information content (AvgIpc) is 2.91. The number of aromatic nitrogens is 3. The van der Waals surface area contributed by atoms with Crippen molar-refractivity contribution in [1.82, 2.24) is 20.1 Å². The van der Waals surface area contributed by atoms with E-state index in [-0.39, 0.29) is 18.5 Å². The molecule has 0 atom stereocenters. The molecule has 0 aliphatic carbocycles. The van der Waals surface area contributed by atoms with Gasteiger partial charge in [-0.2, -0.15) is 5.10 Å². The molecular formula is C13H17N5O. The predicted octanol–water partition coefficient (Wildman–Crippen LogP) is 1.20. The van der Waals surface area contributed by atoms with E-state index in [9.17, 15) is 4.79 Å². The third-order valence-electron chi connectivity index (χ3n) is 2.51. The molecule has 6 heteroatoms. The second-order valence-corrected chi connectivity index (χ2v) is 4.44. The molecular weight excluding hydrogens is 242 g/mol. The first-order valence-corrected chi connectivity index (χ1v) is 6.14. The van der Waals surface area contributed by atoms with E-state index in [1.807, 2.05) is 38.1 Å². The van der Waals surface area contributed by atoms with E-state index >= 15 is 0 Å². The standard InChI is InChI=1S/C13H17N5O/c1-10(2)15-7-13(19)17-11-5-3-4-6-12(11)18-9-14-8-16-18/h3-6,8-10,15H,7H2,1-2H3,(H,17,19). The summed E-state index contributed by atoms with van der Waals surface area (Å²) in [5.74, 6) is -0.0822. The predicted molar refractivity (Wildman–Crippen MR) is 73.1 cm³/mol. The average molecular weight is 259 g/mol. The number of carbonyl (C=O) groups excluding carboxylic acids is 1. The van der Waals surface area contributed by atoms with Crippen molar-refractivity contribution in [3.05, 3.63) is 36.9 Å². The minimum Gasteiger partial charge on any atom is -0.323 e. The minimum atomic E-state index is -0.0822. The van der Waals surface area contributed by atoms with Crippen molar-refractivity contribution >= 4 is 11.6 Å². The van der Waals surface area contributed by atoms with Crippen molar-refractivity contribution in [2.75, 3.05) is 11.9 Å². The lowest BCUT2D eigenvalue weighted by Gasteiger charge is -2.12. The summed E-state index contributed by atoms with van der Waals surface area (Å²) >= 11 is 0. The number of hydrogen-bond acceptors (Lipinski definition) is 4. The fourth-order valence-corrected chi connectivity index (χ4v) is 1.60. The van der Waals surface area contributed by atoms with E-state index < -0.39 is 0 Å². The van der Waals surface area contributed by atoms with Gasteiger partial charge in [-0.15, -0.1) is 0 Å². The van der Waals surface area contributed by atoms with Gasteiger partial charge >= 0.3 is 0 Å². The largest absolute Gasteiger partial charge is 0.323 e. The molecule has 1 heterocycles. The number of anilines is 1. The molecule has 100 valence electrons. The van der Waals surface area contributed by atoms with Crippen LogP contribution in [0.25, 0.3) is 5.69 Å². The fourth-order valence-electron chi connectivity index (χ4n) is 1.60. The van der Waals surface area contributed by atoms with Crippen LogP contribution in [0.2, 0.25) is 0 Å². The van der Waals surface area contributed by atoms with Gasteiger partial charge in [0.1, 0.15) is 12.7 Å². The molecule has 1 aromatic heterocycles. The van der Waals surface area contributed by atoms with Crippen LogP contribution in [-0.2, 0) is 4.79 Å². The Morgan fingerprint density at radius 3 is 2.84 bits per heavy atom. The van der Waals surface area contributed by atoms with Crippen LogP contribution in [0.5, 0.6) is 0 Å². The van der Waals surface area contributed by atoms with Gasteiger partial charge in [-0.3, -0.25) is 4.79 Å². The summed E-state index contributed by atoms with van der Waals surface area (Å²) in [6.45, 7) is 4.27. The van der Waals surface area contributed by atoms with Crippen molar-refractivity contribution in [1.29, 1.82) is 0 Å². The maximum absolute atomic E-state index is 11.8. The Labute approximate surface area is 111 Å². The first kappa shape index (κ1) is 13.2. The number of hydrogen-bond donors (Lipinski definition) is 2. The first-order chi connectivity index (χ1) is 9.16. The molecule has 0 saturated heterocycles. The van der Waals surface area contributed by atoms with Crippen LogP contribution < -0.4 is 10.6 Å². The normalized spacial score (nSPS) is 10.7. The molecule has 2 N–H and O–H groups in total. The van der Waals surface area contributed by atoms with E-state index in [0.29, 0.717) is 5.69 Å². The van der Waals surface area contributed by atoms with Crippen LogP contribution in [0, 0.1) is 0 Å². The summed E-state index contributed by atoms with van der Waals surface area (Å²) in [6.07, 6.45) is 3.05. The van der Waals surface area contributed by atoms with E-state index in [0.717, 1.165) is 5.69 Å². The molecule has 0 unspecified atom stereocenters. The molecule has 1 amide bonds. The smallest absolute Gasteiger partial charge is 0.238 e. The quantitative estimate of drug-likeness (QED) is 0.846. The summed E-state index contributed by atoms with van der Waals surface area (Å²) in [5.41, 5.74) is 1.50. The zero-order chi connectivity index (χ0) is 13.7. The van der Waals surface area contributed by atoms with Gasteiger partial charge in [-0.1, -0.05) is 26.0 Å². The van der Waals surface area contributed by atoms with Gasteiger partial charge in [0.25, 0.3) is 0 Å². The monoisotopic (exact) mass is 259 g/mol. The number of carbonyl (C=O) groups is 1. The maximum Gasteiger partial charge on any atom is 0.238 e. The number of rotatable bonds is 5. The van der Waals surface area contributed by atoms with Gasteiger partial charge in [0.15, 0.2) is 0 Å². The lowest BCUT2D eigenvalue weighted by atomic mass is 10.2. The van der Waals surface area contributed by atoms with Crippen LogP contribution in [0.1, 0.15) is 13.8 Å². The van der Waals surface area contributed by atoms with Crippen LogP contribution >= 0.6 is 0 Å². The molecule has 0 bridgehead atoms. The van der Waals surface area contributed by atoms with Crippen molar-refractivity contribution in [2.24, 2.45) is 0 Å². The first-order valence-electron chi connectivity index (χ1n) is 6.14. The lowest BCUT2D eigenvalue weighted by Crippen LogP contribution is -2.32. The second-order valence-electron chi connectivity index (χ2n) is 4.44. The molecule has 0 radical (unpaired) electrons. The number of amides is 1. The second kappa shape index (κ2) is 6.10. The summed E-state index contributed by atoms with van der Waals surface area (Å²) in [4.78, 5) is 15.7. The van der Waals surface area contributed by atoms with Gasteiger partial charge in [-0.05, 0) is 12.1 Å². The summed E-state index contributed by atoms with van der Waals surface area (Å²) in [5, 5.41) is 10.0. The summed E-state index contributed by atoms with van der Waals surface area (Å²) in [7, 11) is 0. The highest BCUT2D eigenvalue weighted by molar-refractivity contribution is 5.94. The van der Waals surface area contributed by atoms with Crippen molar-refractivity contribution in [2.45, 2.75) is 19.9 Å². The van der Waals surface area contributed by atoms with E-state index in [4.69, 9.17) is 0 Å². The molecule has 0 fully saturated rings. The van der Waals surface area contributed by atoms with Gasteiger partial charge in [0, 0.05) is 6.04 Å². The number of nitrogens with zero attached hydrogens (tertiary/aromatic N) is 3. The molecule has 2 aromatic rings. The molecule has 2 rings (SSSR count). The molecule has 0 aliphatic rings. The highest BCUT2D eigenvalue weighted by Crippen LogP contribution is 2.18. The number of benzene rings is 1. The maximum atomic E-state index is 11.8. The van der Waals surface area contributed by atoms with Crippen molar-refractivity contribution < 1.29 is 4.79 Å². The lowest BCUT2D eigenvalue weighted by molar-refractivity contribution is -0.115. The van der Waals surface area contributed by atoms with Crippen molar-refractivity contribution in [3.8, 4) is 5.69 Å². The van der Waals surface area contributed by atoms with Crippen LogP contribution in [-0.4, -0.2) is 33.3 Å². The van der Waals surface area contributed by atoms with E-state index in [2.05, 4.69) is 20.7 Å². The minimum absolute atomic E-state index is 0.0822. The zero-order valence-corrected chi connectivity index (χ0v) is 11.0. The Hall–Kier alpha value is -2.21. The van der Waals surface area contributed by atoms with Gasteiger partial charge in [0.05, 0.1) is 17.9 Å². The van der Waals surface area contributed by atoms with E-state index in [1.165, 1.54) is 6.33 Å². The molecule has 0 aliphatic heterocycles. The third-order valence-corrected chi connectivity index (χ3v) is 2.51. The number of para-hydroxylation sites is 2. The zero-order valence-electron chi connectivity index (χ0n) is 11.0. The fraction of sp³-hybridized carbons (Fsp3) is 0.308. The molecule has 6 nitrogen and oxygen atoms in total. The van der Waals surface area contributed by atoms with Crippen molar-refractivity contribution in [3.63, 3.8) is 0 Å². The Morgan fingerprint density at radius 2 is 2.16 bits per heavy atom. The van der Waals surface area contributed by atoms with Gasteiger partial charge < -0.3 is 10.6 Å². The molecule has 19 heavy (non-hydrogen) atoms. The summed E-state index contributed by atoms with van der Waals surface area (Å²) < 4.78 is 1.62. The van der Waals surface area contributed by atoms with Crippen LogP contribution in [0.4, 0.5) is 5.69 Å². The molecule has 1 aromatic carbocycles. The van der Waals surface area contributed by atoms with Crippen LogP contribution in [0.15, 0.2) is 36.9 Å². The van der Waals surface area contributed by atoms with E-state index in [1.54, 1.807) is 11.0 Å². The number of nitrogens with one attached hydrogen (secondary N) is 2. The molecule has 0 spiro atoms. The third kappa shape index (κ3) is 3.62. The van der Waals surface area contributed by atoms with Crippen LogP contribution in [0.3, 0.4) is 0 Å². The Bertz CT molecular complexity index is 536. The summed E-state index contributed by atoms with van der Waals surface area (Å²) in [6, 6.07) is 7.74. The van der Waals surface area contributed by atoms with Gasteiger partial charge in [0.2, 0.25) is 5.91 Å². The topological polar surface area (TPSA) is 71.8 Å². The van der Waals surface area contributed by atoms with Gasteiger partial charge in [-0.25, -0.2) is 9.67 Å². The molecule has 0 saturated carbocycles. The SMILES string of the molecule is CC(C)NCC(=O)Nc1ccccc1-n1cncn1.